The lowest BCUT2D eigenvalue weighted by atomic mass is 10.3. The van der Waals surface area contributed by atoms with Gasteiger partial charge in [-0.05, 0) is 12.1 Å². The highest BCUT2D eigenvalue weighted by molar-refractivity contribution is 5.89. The standard InChI is InChI=1S/C15H20F3N3O3/c16-15(17,18)11-24-13-3-1-2-12(10-13)20-14(22)19-4-5-21-6-8-23-9-7-21/h1-3,10H,4-9,11H2,(H2,19,20,22). The van der Waals surface area contributed by atoms with Crippen LogP contribution in [0.1, 0.15) is 0 Å². The average Bonchev–Trinajstić information content (AvgIpc) is 2.54. The van der Waals surface area contributed by atoms with Gasteiger partial charge in [-0.25, -0.2) is 4.79 Å². The van der Waals surface area contributed by atoms with Crippen molar-refractivity contribution in [1.82, 2.24) is 10.2 Å². The number of anilines is 1. The Morgan fingerprint density at radius 2 is 2.04 bits per heavy atom. The van der Waals surface area contributed by atoms with Crippen LogP contribution in [0.4, 0.5) is 23.7 Å². The number of hydrogen-bond donors (Lipinski definition) is 2. The van der Waals surface area contributed by atoms with Gasteiger partial charge in [0, 0.05) is 37.9 Å². The summed E-state index contributed by atoms with van der Waals surface area (Å²) in [5.74, 6) is 0.0402. The molecule has 1 heterocycles. The Bertz CT molecular complexity index is 534. The number of carbonyl (C=O) groups is 1. The van der Waals surface area contributed by atoms with E-state index in [9.17, 15) is 18.0 Å². The van der Waals surface area contributed by atoms with Crippen LogP contribution in [0.15, 0.2) is 24.3 Å². The Morgan fingerprint density at radius 1 is 1.29 bits per heavy atom. The minimum Gasteiger partial charge on any atom is -0.484 e. The largest absolute Gasteiger partial charge is 0.484 e. The molecule has 0 aromatic heterocycles. The smallest absolute Gasteiger partial charge is 0.422 e. The van der Waals surface area contributed by atoms with E-state index in [1.807, 2.05) is 0 Å². The Kier molecular flexibility index (Phi) is 6.68. The fourth-order valence-corrected chi connectivity index (χ4v) is 2.16. The van der Waals surface area contributed by atoms with E-state index in [1.165, 1.54) is 18.2 Å². The van der Waals surface area contributed by atoms with Gasteiger partial charge in [0.25, 0.3) is 0 Å². The topological polar surface area (TPSA) is 62.8 Å². The van der Waals surface area contributed by atoms with Gasteiger partial charge < -0.3 is 20.1 Å². The Morgan fingerprint density at radius 3 is 2.75 bits per heavy atom. The normalized spacial score (nSPS) is 15.8. The monoisotopic (exact) mass is 347 g/mol. The van der Waals surface area contributed by atoms with Crippen LogP contribution in [0.25, 0.3) is 0 Å². The van der Waals surface area contributed by atoms with Crippen molar-refractivity contribution in [3.05, 3.63) is 24.3 Å². The molecular weight excluding hydrogens is 327 g/mol. The number of nitrogens with one attached hydrogen (secondary N) is 2. The molecule has 134 valence electrons. The van der Waals surface area contributed by atoms with E-state index in [0.29, 0.717) is 32.0 Å². The number of benzene rings is 1. The average molecular weight is 347 g/mol. The quantitative estimate of drug-likeness (QED) is 0.827. The zero-order chi connectivity index (χ0) is 17.4. The molecule has 1 aromatic carbocycles. The highest BCUT2D eigenvalue weighted by Gasteiger charge is 2.28. The van der Waals surface area contributed by atoms with Crippen LogP contribution in [-0.4, -0.2) is 63.1 Å². The Balaban J connectivity index is 1.72. The first kappa shape index (κ1) is 18.3. The third kappa shape index (κ3) is 7.05. The van der Waals surface area contributed by atoms with E-state index in [4.69, 9.17) is 4.74 Å². The lowest BCUT2D eigenvalue weighted by molar-refractivity contribution is -0.153. The summed E-state index contributed by atoms with van der Waals surface area (Å²) >= 11 is 0. The van der Waals surface area contributed by atoms with Gasteiger partial charge in [0.15, 0.2) is 6.61 Å². The fourth-order valence-electron chi connectivity index (χ4n) is 2.16. The molecule has 0 aliphatic carbocycles. The predicted octanol–water partition coefficient (Wildman–Crippen LogP) is 2.08. The molecular formula is C15H20F3N3O3. The van der Waals surface area contributed by atoms with Crippen molar-refractivity contribution < 1.29 is 27.4 Å². The zero-order valence-corrected chi connectivity index (χ0v) is 13.1. The van der Waals surface area contributed by atoms with E-state index in [0.717, 1.165) is 13.1 Å². The maximum absolute atomic E-state index is 12.1. The molecule has 2 rings (SSSR count). The molecule has 2 N–H and O–H groups in total. The van der Waals surface area contributed by atoms with E-state index in [2.05, 4.69) is 20.3 Å². The van der Waals surface area contributed by atoms with E-state index >= 15 is 0 Å². The first-order chi connectivity index (χ1) is 11.4. The van der Waals surface area contributed by atoms with Crippen LogP contribution < -0.4 is 15.4 Å². The highest BCUT2D eigenvalue weighted by Crippen LogP contribution is 2.21. The van der Waals surface area contributed by atoms with Crippen molar-refractivity contribution in [2.75, 3.05) is 51.3 Å². The van der Waals surface area contributed by atoms with Gasteiger partial charge in [0.1, 0.15) is 5.75 Å². The van der Waals surface area contributed by atoms with Gasteiger partial charge in [0.2, 0.25) is 0 Å². The second-order valence-corrected chi connectivity index (χ2v) is 5.27. The molecule has 1 aliphatic rings. The molecule has 1 aliphatic heterocycles. The number of amides is 2. The van der Waals surface area contributed by atoms with Crippen LogP contribution in [-0.2, 0) is 4.74 Å². The molecule has 0 spiro atoms. The number of hydrogen-bond acceptors (Lipinski definition) is 4. The molecule has 0 bridgehead atoms. The molecule has 9 heteroatoms. The van der Waals surface area contributed by atoms with Gasteiger partial charge in [0.05, 0.1) is 13.2 Å². The first-order valence-electron chi connectivity index (χ1n) is 7.57. The van der Waals surface area contributed by atoms with Crippen LogP contribution >= 0.6 is 0 Å². The van der Waals surface area contributed by atoms with Crippen LogP contribution in [0, 0.1) is 0 Å². The second-order valence-electron chi connectivity index (χ2n) is 5.27. The summed E-state index contributed by atoms with van der Waals surface area (Å²) in [6, 6.07) is 5.40. The van der Waals surface area contributed by atoms with Crippen LogP contribution in [0.3, 0.4) is 0 Å². The maximum Gasteiger partial charge on any atom is 0.422 e. The number of rotatable bonds is 6. The second kappa shape index (κ2) is 8.74. The minimum atomic E-state index is -4.40. The Labute approximate surface area is 137 Å². The molecule has 1 saturated heterocycles. The number of halogens is 3. The van der Waals surface area contributed by atoms with E-state index in [-0.39, 0.29) is 5.75 Å². The summed E-state index contributed by atoms with van der Waals surface area (Å²) in [4.78, 5) is 14.0. The van der Waals surface area contributed by atoms with Gasteiger partial charge in [-0.1, -0.05) is 6.07 Å². The van der Waals surface area contributed by atoms with Crippen molar-refractivity contribution in [3.8, 4) is 5.75 Å². The first-order valence-corrected chi connectivity index (χ1v) is 7.57. The molecule has 0 saturated carbocycles. The summed E-state index contributed by atoms with van der Waals surface area (Å²) in [7, 11) is 0. The van der Waals surface area contributed by atoms with Gasteiger partial charge >= 0.3 is 12.2 Å². The maximum atomic E-state index is 12.1. The minimum absolute atomic E-state index is 0.0402. The third-order valence-electron chi connectivity index (χ3n) is 3.31. The molecule has 0 unspecified atom stereocenters. The van der Waals surface area contributed by atoms with Gasteiger partial charge in [-0.2, -0.15) is 13.2 Å². The van der Waals surface area contributed by atoms with E-state index in [1.54, 1.807) is 6.07 Å². The lowest BCUT2D eigenvalue weighted by Gasteiger charge is -2.26. The summed E-state index contributed by atoms with van der Waals surface area (Å²) in [5.41, 5.74) is 0.360. The SMILES string of the molecule is O=C(NCCN1CCOCC1)Nc1cccc(OCC(F)(F)F)c1. The van der Waals surface area contributed by atoms with Crippen molar-refractivity contribution in [3.63, 3.8) is 0 Å². The van der Waals surface area contributed by atoms with Crippen molar-refractivity contribution in [2.45, 2.75) is 6.18 Å². The number of urea groups is 1. The van der Waals surface area contributed by atoms with Crippen LogP contribution in [0.5, 0.6) is 5.75 Å². The number of carbonyl (C=O) groups excluding carboxylic acids is 1. The van der Waals surface area contributed by atoms with Crippen molar-refractivity contribution >= 4 is 11.7 Å². The molecule has 2 amide bonds. The molecule has 0 radical (unpaired) electrons. The van der Waals surface area contributed by atoms with Crippen LogP contribution in [0.2, 0.25) is 0 Å². The number of nitrogens with zero attached hydrogens (tertiary/aromatic N) is 1. The zero-order valence-electron chi connectivity index (χ0n) is 13.1. The van der Waals surface area contributed by atoms with Gasteiger partial charge in [-0.15, -0.1) is 0 Å². The summed E-state index contributed by atoms with van der Waals surface area (Å²) in [6.07, 6.45) is -4.40. The number of alkyl halides is 3. The number of morpholine rings is 1. The number of ether oxygens (including phenoxy) is 2. The summed E-state index contributed by atoms with van der Waals surface area (Å²) in [5, 5.41) is 5.26. The summed E-state index contributed by atoms with van der Waals surface area (Å²) < 4.78 is 46.3. The highest BCUT2D eigenvalue weighted by atomic mass is 19.4. The molecule has 1 aromatic rings. The van der Waals surface area contributed by atoms with Gasteiger partial charge in [-0.3, -0.25) is 4.90 Å². The molecule has 6 nitrogen and oxygen atoms in total. The van der Waals surface area contributed by atoms with Crippen molar-refractivity contribution in [2.24, 2.45) is 0 Å². The molecule has 0 atom stereocenters. The Hall–Kier alpha value is -2.00. The van der Waals surface area contributed by atoms with Crippen molar-refractivity contribution in [1.29, 1.82) is 0 Å². The third-order valence-corrected chi connectivity index (χ3v) is 3.31. The predicted molar refractivity (Wildman–Crippen MR) is 82.3 cm³/mol. The molecule has 1 fully saturated rings. The lowest BCUT2D eigenvalue weighted by Crippen LogP contribution is -2.42. The summed E-state index contributed by atoms with van der Waals surface area (Å²) in [6.45, 7) is 2.86. The van der Waals surface area contributed by atoms with E-state index < -0.39 is 18.8 Å². The fraction of sp³-hybridized carbons (Fsp3) is 0.533. The molecule has 24 heavy (non-hydrogen) atoms.